The smallest absolute Gasteiger partial charge is 0.245 e. The average molecular weight is 247 g/mol. The summed E-state index contributed by atoms with van der Waals surface area (Å²) in [5.74, 6) is 0.540. The molecule has 4 nitrogen and oxygen atoms in total. The van der Waals surface area contributed by atoms with Crippen molar-refractivity contribution in [1.82, 2.24) is 15.2 Å². The Morgan fingerprint density at radius 3 is 2.60 bits per heavy atom. The molecule has 1 aromatic rings. The molecule has 0 aliphatic heterocycles. The Bertz CT molecular complexity index is 360. The van der Waals surface area contributed by atoms with Gasteiger partial charge >= 0.3 is 0 Å². The summed E-state index contributed by atoms with van der Waals surface area (Å²) in [5, 5.41) is 11.0. The second kappa shape index (κ2) is 4.10. The molecular formula is C9H12Cl2N4. The van der Waals surface area contributed by atoms with Crippen molar-refractivity contribution in [3.8, 4) is 0 Å². The molecule has 0 bridgehead atoms. The first-order valence-electron chi connectivity index (χ1n) is 4.99. The van der Waals surface area contributed by atoms with Crippen LogP contribution in [0, 0.1) is 0 Å². The third-order valence-electron chi connectivity index (χ3n) is 2.99. The molecule has 0 amide bonds. The van der Waals surface area contributed by atoms with E-state index in [-0.39, 0.29) is 16.0 Å². The number of hydrogen-bond acceptors (Lipinski definition) is 4. The van der Waals surface area contributed by atoms with Crippen molar-refractivity contribution in [2.75, 3.05) is 5.32 Å². The third-order valence-corrected chi connectivity index (χ3v) is 3.41. The van der Waals surface area contributed by atoms with Crippen LogP contribution in [-0.2, 0) is 0 Å². The second-order valence-corrected chi connectivity index (χ2v) is 4.53. The Morgan fingerprint density at radius 2 is 2.07 bits per heavy atom. The van der Waals surface area contributed by atoms with Gasteiger partial charge in [-0.05, 0) is 37.3 Å². The van der Waals surface area contributed by atoms with Gasteiger partial charge < -0.3 is 5.32 Å². The number of nitrogens with zero attached hydrogens (tertiary/aromatic N) is 3. The quantitative estimate of drug-likeness (QED) is 0.892. The summed E-state index contributed by atoms with van der Waals surface area (Å²) in [6.45, 7) is 2.15. The van der Waals surface area contributed by atoms with Gasteiger partial charge in [-0.2, -0.15) is 4.98 Å². The molecule has 6 heteroatoms. The van der Waals surface area contributed by atoms with E-state index in [1.165, 1.54) is 6.42 Å². The highest BCUT2D eigenvalue weighted by atomic mass is 35.5. The predicted octanol–water partition coefficient (Wildman–Crippen LogP) is 2.92. The molecular weight excluding hydrogens is 235 g/mol. The molecule has 1 aliphatic carbocycles. The van der Waals surface area contributed by atoms with Crippen molar-refractivity contribution in [1.29, 1.82) is 0 Å². The lowest BCUT2D eigenvalue weighted by atomic mass is 9.75. The summed E-state index contributed by atoms with van der Waals surface area (Å²) in [7, 11) is 0. The van der Waals surface area contributed by atoms with E-state index in [1.54, 1.807) is 0 Å². The Kier molecular flexibility index (Phi) is 2.98. The van der Waals surface area contributed by atoms with Crippen molar-refractivity contribution in [2.45, 2.75) is 38.1 Å². The molecule has 0 radical (unpaired) electrons. The van der Waals surface area contributed by atoms with Crippen LogP contribution >= 0.6 is 23.2 Å². The summed E-state index contributed by atoms with van der Waals surface area (Å²) in [6.07, 6.45) is 4.57. The van der Waals surface area contributed by atoms with E-state index < -0.39 is 0 Å². The lowest BCUT2D eigenvalue weighted by Crippen LogP contribution is -2.44. The molecule has 1 saturated carbocycles. The molecule has 0 spiro atoms. The maximum absolute atomic E-state index is 5.88. The van der Waals surface area contributed by atoms with E-state index in [1.807, 2.05) is 0 Å². The molecule has 0 unspecified atom stereocenters. The molecule has 0 atom stereocenters. The summed E-state index contributed by atoms with van der Waals surface area (Å²) in [5.41, 5.74) is 0.128. The minimum absolute atomic E-state index is 0.118. The van der Waals surface area contributed by atoms with E-state index in [2.05, 4.69) is 27.4 Å². The minimum Gasteiger partial charge on any atom is -0.362 e. The Balaban J connectivity index is 2.19. The van der Waals surface area contributed by atoms with Gasteiger partial charge in [0.15, 0.2) is 11.0 Å². The highest BCUT2D eigenvalue weighted by molar-refractivity contribution is 6.32. The second-order valence-electron chi connectivity index (χ2n) is 3.83. The van der Waals surface area contributed by atoms with Gasteiger partial charge in [0.05, 0.1) is 0 Å². The van der Waals surface area contributed by atoms with Crippen molar-refractivity contribution < 1.29 is 0 Å². The number of nitrogens with one attached hydrogen (secondary N) is 1. The fourth-order valence-electron chi connectivity index (χ4n) is 1.79. The van der Waals surface area contributed by atoms with Crippen LogP contribution in [0.5, 0.6) is 0 Å². The Hall–Kier alpha value is -0.610. The zero-order valence-electron chi connectivity index (χ0n) is 8.43. The number of halogens is 2. The van der Waals surface area contributed by atoms with Gasteiger partial charge in [-0.1, -0.05) is 18.5 Å². The lowest BCUT2D eigenvalue weighted by Gasteiger charge is -2.42. The van der Waals surface area contributed by atoms with E-state index in [0.717, 1.165) is 19.3 Å². The van der Waals surface area contributed by atoms with Crippen molar-refractivity contribution in [3.05, 3.63) is 10.4 Å². The van der Waals surface area contributed by atoms with E-state index in [4.69, 9.17) is 23.2 Å². The number of anilines is 1. The van der Waals surface area contributed by atoms with Gasteiger partial charge in [0, 0.05) is 5.54 Å². The van der Waals surface area contributed by atoms with Crippen molar-refractivity contribution in [3.63, 3.8) is 0 Å². The Morgan fingerprint density at radius 1 is 1.33 bits per heavy atom. The first-order valence-corrected chi connectivity index (χ1v) is 5.75. The highest BCUT2D eigenvalue weighted by Crippen LogP contribution is 2.38. The molecule has 15 heavy (non-hydrogen) atoms. The lowest BCUT2D eigenvalue weighted by molar-refractivity contribution is 0.268. The van der Waals surface area contributed by atoms with E-state index in [9.17, 15) is 0 Å². The summed E-state index contributed by atoms with van der Waals surface area (Å²) < 4.78 is 0. The molecule has 1 aliphatic rings. The molecule has 1 heterocycles. The molecule has 2 rings (SSSR count). The fourth-order valence-corrected chi connectivity index (χ4v) is 2.04. The van der Waals surface area contributed by atoms with Crippen LogP contribution in [0.15, 0.2) is 0 Å². The average Bonchev–Trinajstić information content (AvgIpc) is 2.17. The van der Waals surface area contributed by atoms with Crippen LogP contribution in [0.25, 0.3) is 0 Å². The van der Waals surface area contributed by atoms with Crippen molar-refractivity contribution in [2.24, 2.45) is 0 Å². The summed E-state index contributed by atoms with van der Waals surface area (Å²) in [4.78, 5) is 4.04. The SMILES string of the molecule is CCC1(Nc2nc(Cl)nnc2Cl)CCC1. The van der Waals surface area contributed by atoms with Crippen LogP contribution in [0.4, 0.5) is 5.82 Å². The molecule has 0 saturated heterocycles. The van der Waals surface area contributed by atoms with Gasteiger partial charge in [-0.3, -0.25) is 0 Å². The van der Waals surface area contributed by atoms with Crippen LogP contribution in [0.2, 0.25) is 10.4 Å². The monoisotopic (exact) mass is 246 g/mol. The molecule has 1 fully saturated rings. The minimum atomic E-state index is 0.118. The van der Waals surface area contributed by atoms with Gasteiger partial charge in [0.1, 0.15) is 0 Å². The van der Waals surface area contributed by atoms with E-state index in [0.29, 0.717) is 5.82 Å². The van der Waals surface area contributed by atoms with Crippen LogP contribution in [-0.4, -0.2) is 20.7 Å². The standard InChI is InChI=1S/C9H12Cl2N4/c1-2-9(4-3-5-9)13-7-6(10)14-15-8(11)12-7/h2-5H2,1H3,(H,12,13,15). The zero-order valence-corrected chi connectivity index (χ0v) is 9.94. The zero-order chi connectivity index (χ0) is 10.9. The molecule has 82 valence electrons. The van der Waals surface area contributed by atoms with Crippen LogP contribution in [0.1, 0.15) is 32.6 Å². The maximum Gasteiger partial charge on any atom is 0.245 e. The fraction of sp³-hybridized carbons (Fsp3) is 0.667. The number of aromatic nitrogens is 3. The van der Waals surface area contributed by atoms with Crippen molar-refractivity contribution >= 4 is 29.0 Å². The van der Waals surface area contributed by atoms with Gasteiger partial charge in [-0.15, -0.1) is 10.2 Å². The summed E-state index contributed by atoms with van der Waals surface area (Å²) >= 11 is 11.5. The number of hydrogen-bond donors (Lipinski definition) is 1. The largest absolute Gasteiger partial charge is 0.362 e. The molecule has 0 aromatic carbocycles. The predicted molar refractivity (Wildman–Crippen MR) is 60.3 cm³/mol. The maximum atomic E-state index is 5.88. The van der Waals surface area contributed by atoms with Gasteiger partial charge in [0.2, 0.25) is 5.28 Å². The summed E-state index contributed by atoms with van der Waals surface area (Å²) in [6, 6.07) is 0. The first kappa shape index (κ1) is 10.9. The molecule has 1 N–H and O–H groups in total. The topological polar surface area (TPSA) is 50.7 Å². The molecule has 1 aromatic heterocycles. The number of rotatable bonds is 3. The van der Waals surface area contributed by atoms with Gasteiger partial charge in [0.25, 0.3) is 0 Å². The highest BCUT2D eigenvalue weighted by Gasteiger charge is 2.35. The van der Waals surface area contributed by atoms with Crippen LogP contribution < -0.4 is 5.32 Å². The van der Waals surface area contributed by atoms with Crippen LogP contribution in [0.3, 0.4) is 0 Å². The third kappa shape index (κ3) is 2.16. The first-order chi connectivity index (χ1) is 7.15. The Labute approximate surface area is 98.4 Å². The van der Waals surface area contributed by atoms with Gasteiger partial charge in [-0.25, -0.2) is 0 Å². The van der Waals surface area contributed by atoms with E-state index >= 15 is 0 Å². The normalized spacial score (nSPS) is 18.3.